The van der Waals surface area contributed by atoms with Crippen molar-refractivity contribution >= 4 is 37.8 Å². The van der Waals surface area contributed by atoms with Gasteiger partial charge in [-0.15, -0.1) is 5.10 Å². The first kappa shape index (κ1) is 12.3. The van der Waals surface area contributed by atoms with Gasteiger partial charge in [0.2, 0.25) is 0 Å². The second-order valence-electron chi connectivity index (χ2n) is 3.35. The first-order valence-electron chi connectivity index (χ1n) is 4.59. The van der Waals surface area contributed by atoms with E-state index in [-0.39, 0.29) is 5.56 Å². The Morgan fingerprint density at radius 1 is 1.41 bits per heavy atom. The first-order valence-corrected chi connectivity index (χ1v) is 6.17. The summed E-state index contributed by atoms with van der Waals surface area (Å²) in [4.78, 5) is 11.2. The van der Waals surface area contributed by atoms with Crippen LogP contribution in [0.3, 0.4) is 0 Å². The van der Waals surface area contributed by atoms with Gasteiger partial charge in [-0.2, -0.15) is 0 Å². The van der Waals surface area contributed by atoms with Gasteiger partial charge in [0.1, 0.15) is 5.69 Å². The van der Waals surface area contributed by atoms with E-state index in [2.05, 4.69) is 42.2 Å². The Balaban J connectivity index is 2.71. The van der Waals surface area contributed by atoms with E-state index in [1.54, 1.807) is 25.2 Å². The van der Waals surface area contributed by atoms with Crippen LogP contribution in [0.1, 0.15) is 10.4 Å². The normalized spacial score (nSPS) is 10.5. The summed E-state index contributed by atoms with van der Waals surface area (Å²) in [6.07, 6.45) is 0. The molecule has 1 aromatic carbocycles. The number of hydrogen-bond acceptors (Lipinski definition) is 3. The molecule has 0 saturated carbocycles. The molecule has 0 spiro atoms. The molecule has 0 amide bonds. The molecule has 7 heteroatoms. The van der Waals surface area contributed by atoms with Crippen molar-refractivity contribution in [3.63, 3.8) is 0 Å². The fourth-order valence-electron chi connectivity index (χ4n) is 1.52. The highest BCUT2D eigenvalue weighted by molar-refractivity contribution is 9.10. The maximum atomic E-state index is 11.2. The summed E-state index contributed by atoms with van der Waals surface area (Å²) in [5, 5.41) is 16.9. The Hall–Kier alpha value is -1.21. The number of carboxylic acids is 1. The van der Waals surface area contributed by atoms with E-state index < -0.39 is 5.97 Å². The molecule has 2 aromatic rings. The van der Waals surface area contributed by atoms with Gasteiger partial charge >= 0.3 is 5.97 Å². The quantitative estimate of drug-likeness (QED) is 0.894. The van der Waals surface area contributed by atoms with Gasteiger partial charge in [0.25, 0.3) is 0 Å². The van der Waals surface area contributed by atoms with Gasteiger partial charge in [-0.3, -0.25) is 0 Å². The minimum Gasteiger partial charge on any atom is -0.478 e. The van der Waals surface area contributed by atoms with E-state index >= 15 is 0 Å². The number of hydrogen-bond donors (Lipinski definition) is 1. The van der Waals surface area contributed by atoms with Crippen LogP contribution in [0.2, 0.25) is 0 Å². The van der Waals surface area contributed by atoms with E-state index in [0.29, 0.717) is 20.3 Å². The fraction of sp³-hybridized carbons (Fsp3) is 0.100. The van der Waals surface area contributed by atoms with E-state index in [1.807, 2.05) is 0 Å². The van der Waals surface area contributed by atoms with E-state index in [9.17, 15) is 9.90 Å². The lowest BCUT2D eigenvalue weighted by atomic mass is 10.1. The van der Waals surface area contributed by atoms with Crippen molar-refractivity contribution in [2.45, 2.75) is 0 Å². The van der Waals surface area contributed by atoms with Crippen LogP contribution >= 0.6 is 31.9 Å². The summed E-state index contributed by atoms with van der Waals surface area (Å²) in [5.74, 6) is -0.991. The topological polar surface area (TPSA) is 68.0 Å². The Morgan fingerprint density at radius 2 is 2.12 bits per heavy atom. The number of rotatable bonds is 2. The summed E-state index contributed by atoms with van der Waals surface area (Å²) >= 11 is 6.51. The average molecular weight is 361 g/mol. The summed E-state index contributed by atoms with van der Waals surface area (Å²) < 4.78 is 2.76. The lowest BCUT2D eigenvalue weighted by Gasteiger charge is -2.06. The molecule has 0 radical (unpaired) electrons. The highest BCUT2D eigenvalue weighted by atomic mass is 79.9. The molecular formula is C10H7Br2N3O2. The summed E-state index contributed by atoms with van der Waals surface area (Å²) in [6, 6.07) is 5.05. The maximum absolute atomic E-state index is 11.2. The zero-order valence-electron chi connectivity index (χ0n) is 8.69. The molecule has 1 N–H and O–H groups in total. The third-order valence-electron chi connectivity index (χ3n) is 2.25. The van der Waals surface area contributed by atoms with Gasteiger partial charge in [-0.1, -0.05) is 27.2 Å². The van der Waals surface area contributed by atoms with Crippen molar-refractivity contribution in [2.75, 3.05) is 0 Å². The van der Waals surface area contributed by atoms with Crippen molar-refractivity contribution in [3.05, 3.63) is 32.8 Å². The van der Waals surface area contributed by atoms with Gasteiger partial charge in [-0.25, -0.2) is 9.48 Å². The lowest BCUT2D eigenvalue weighted by Crippen LogP contribution is -2.03. The molecule has 0 aliphatic rings. The third kappa shape index (κ3) is 2.25. The molecule has 2 rings (SSSR count). The summed E-state index contributed by atoms with van der Waals surface area (Å²) in [5.41, 5.74) is 1.40. The largest absolute Gasteiger partial charge is 0.478 e. The second-order valence-corrected chi connectivity index (χ2v) is 5.01. The van der Waals surface area contributed by atoms with Crippen LogP contribution in [0.15, 0.2) is 27.3 Å². The van der Waals surface area contributed by atoms with Crippen LogP contribution in [0.5, 0.6) is 0 Å². The van der Waals surface area contributed by atoms with Gasteiger partial charge in [0, 0.05) is 17.1 Å². The molecule has 0 aliphatic carbocycles. The van der Waals surface area contributed by atoms with Gasteiger partial charge < -0.3 is 5.11 Å². The molecule has 1 aromatic heterocycles. The lowest BCUT2D eigenvalue weighted by molar-refractivity contribution is 0.0697. The van der Waals surface area contributed by atoms with Crippen LogP contribution in [0.25, 0.3) is 11.3 Å². The van der Waals surface area contributed by atoms with E-state index in [1.165, 1.54) is 4.68 Å². The number of nitrogens with zero attached hydrogens (tertiary/aromatic N) is 3. The smallest absolute Gasteiger partial charge is 0.336 e. The van der Waals surface area contributed by atoms with E-state index in [4.69, 9.17) is 0 Å². The highest BCUT2D eigenvalue weighted by Gasteiger charge is 2.18. The number of aromatic carboxylic acids is 1. The highest BCUT2D eigenvalue weighted by Crippen LogP contribution is 2.30. The fourth-order valence-corrected chi connectivity index (χ4v) is 2.42. The van der Waals surface area contributed by atoms with Gasteiger partial charge in [0.15, 0.2) is 4.60 Å². The Bertz CT molecular complexity index is 576. The molecule has 0 unspecified atom stereocenters. The number of carboxylic acid groups (broad SMARTS) is 1. The Labute approximate surface area is 114 Å². The summed E-state index contributed by atoms with van der Waals surface area (Å²) in [7, 11) is 1.71. The molecule has 0 bridgehead atoms. The minimum absolute atomic E-state index is 0.200. The molecule has 5 nitrogen and oxygen atoms in total. The molecule has 17 heavy (non-hydrogen) atoms. The molecule has 0 atom stereocenters. The molecule has 0 aliphatic heterocycles. The number of aromatic nitrogens is 3. The van der Waals surface area contributed by atoms with Crippen molar-refractivity contribution in [1.29, 1.82) is 0 Å². The Kier molecular flexibility index (Phi) is 3.30. The minimum atomic E-state index is -0.991. The number of benzene rings is 1. The van der Waals surface area contributed by atoms with Crippen molar-refractivity contribution in [2.24, 2.45) is 7.05 Å². The predicted octanol–water partition coefficient (Wildman–Crippen LogP) is 2.71. The number of carbonyl (C=O) groups is 1. The van der Waals surface area contributed by atoms with Crippen LogP contribution in [-0.4, -0.2) is 26.1 Å². The Morgan fingerprint density at radius 3 is 2.65 bits per heavy atom. The van der Waals surface area contributed by atoms with Crippen LogP contribution in [0.4, 0.5) is 0 Å². The molecular weight excluding hydrogens is 354 g/mol. The van der Waals surface area contributed by atoms with Crippen LogP contribution in [-0.2, 0) is 7.05 Å². The molecule has 0 saturated heterocycles. The SMILES string of the molecule is Cn1nnc(Br)c1-c1ccc(Br)cc1C(=O)O. The number of halogens is 2. The standard InChI is InChI=1S/C10H7Br2N3O2/c1-15-8(9(12)13-14-15)6-3-2-5(11)4-7(6)10(16)17/h2-4H,1H3,(H,16,17). The van der Waals surface area contributed by atoms with Crippen LogP contribution < -0.4 is 0 Å². The zero-order valence-corrected chi connectivity index (χ0v) is 11.9. The van der Waals surface area contributed by atoms with E-state index in [0.717, 1.165) is 0 Å². The molecule has 1 heterocycles. The average Bonchev–Trinajstić information content (AvgIpc) is 2.59. The first-order chi connectivity index (χ1) is 8.00. The number of aryl methyl sites for hydroxylation is 1. The zero-order chi connectivity index (χ0) is 12.6. The third-order valence-corrected chi connectivity index (χ3v) is 3.28. The van der Waals surface area contributed by atoms with Crippen LogP contribution in [0, 0.1) is 0 Å². The van der Waals surface area contributed by atoms with Gasteiger partial charge in [0.05, 0.1) is 5.56 Å². The van der Waals surface area contributed by atoms with Crippen molar-refractivity contribution in [1.82, 2.24) is 15.0 Å². The monoisotopic (exact) mass is 359 g/mol. The predicted molar refractivity (Wildman–Crippen MR) is 68.8 cm³/mol. The molecule has 0 fully saturated rings. The maximum Gasteiger partial charge on any atom is 0.336 e. The van der Waals surface area contributed by atoms with Crippen molar-refractivity contribution in [3.8, 4) is 11.3 Å². The molecule has 88 valence electrons. The summed E-state index contributed by atoms with van der Waals surface area (Å²) in [6.45, 7) is 0. The van der Waals surface area contributed by atoms with Gasteiger partial charge in [-0.05, 0) is 28.1 Å². The second kappa shape index (κ2) is 4.58. The van der Waals surface area contributed by atoms with Crippen molar-refractivity contribution < 1.29 is 9.90 Å².